The van der Waals surface area contributed by atoms with Gasteiger partial charge >= 0.3 is 0 Å². The Kier molecular flexibility index (Phi) is 4.99. The molecule has 5 nitrogen and oxygen atoms in total. The number of hydrogen-bond donors (Lipinski definition) is 0. The van der Waals surface area contributed by atoms with Gasteiger partial charge in [0.2, 0.25) is 10.0 Å². The minimum absolute atomic E-state index is 0.0696. The highest BCUT2D eigenvalue weighted by molar-refractivity contribution is 7.92. The second-order valence-corrected chi connectivity index (χ2v) is 10.0. The van der Waals surface area contributed by atoms with Crippen LogP contribution in [0.2, 0.25) is 0 Å². The van der Waals surface area contributed by atoms with Crippen molar-refractivity contribution >= 4 is 19.9 Å². The zero-order chi connectivity index (χ0) is 16.5. The van der Waals surface area contributed by atoms with Gasteiger partial charge in [0, 0.05) is 12.6 Å². The zero-order valence-corrected chi connectivity index (χ0v) is 14.9. The molecular weight excluding hydrogens is 322 g/mol. The largest absolute Gasteiger partial charge is 0.243 e. The lowest BCUT2D eigenvalue weighted by Gasteiger charge is -2.27. The van der Waals surface area contributed by atoms with Gasteiger partial charge in [-0.2, -0.15) is 4.31 Å². The van der Waals surface area contributed by atoms with Crippen LogP contribution >= 0.6 is 0 Å². The second kappa shape index (κ2) is 6.29. The first-order chi connectivity index (χ1) is 10.2. The Labute approximate surface area is 133 Å². The summed E-state index contributed by atoms with van der Waals surface area (Å²) in [6.45, 7) is 5.86. The van der Waals surface area contributed by atoms with E-state index in [0.29, 0.717) is 24.9 Å². The fourth-order valence-electron chi connectivity index (χ4n) is 2.83. The molecule has 0 saturated carbocycles. The zero-order valence-electron chi connectivity index (χ0n) is 13.2. The molecule has 0 spiro atoms. The molecule has 7 heteroatoms. The second-order valence-electron chi connectivity index (χ2n) is 5.94. The highest BCUT2D eigenvalue weighted by Gasteiger charge is 2.38. The lowest BCUT2D eigenvalue weighted by molar-refractivity contribution is 0.340. The van der Waals surface area contributed by atoms with E-state index in [1.54, 1.807) is 19.1 Å². The molecule has 0 N–H and O–H groups in total. The lowest BCUT2D eigenvalue weighted by atomic mass is 10.2. The highest BCUT2D eigenvalue weighted by Crippen LogP contribution is 2.27. The molecule has 124 valence electrons. The summed E-state index contributed by atoms with van der Waals surface area (Å²) in [5, 5.41) is 0. The Hall–Kier alpha value is -0.920. The third-order valence-electron chi connectivity index (χ3n) is 3.99. The van der Waals surface area contributed by atoms with Crippen LogP contribution in [0.4, 0.5) is 0 Å². The van der Waals surface area contributed by atoms with Crippen LogP contribution < -0.4 is 0 Å². The van der Waals surface area contributed by atoms with Crippen molar-refractivity contribution in [1.29, 1.82) is 0 Å². The predicted octanol–water partition coefficient (Wildman–Crippen LogP) is 1.89. The molecule has 1 aromatic rings. The molecular formula is C15H23NO4S2. The molecule has 0 unspecified atom stereocenters. The predicted molar refractivity (Wildman–Crippen MR) is 87.2 cm³/mol. The van der Waals surface area contributed by atoms with Gasteiger partial charge in [-0.05, 0) is 43.9 Å². The monoisotopic (exact) mass is 345 g/mol. The van der Waals surface area contributed by atoms with Crippen LogP contribution in [0.5, 0.6) is 0 Å². The minimum Gasteiger partial charge on any atom is -0.229 e. The van der Waals surface area contributed by atoms with Crippen LogP contribution in [-0.2, 0) is 19.9 Å². The molecule has 1 heterocycles. The summed E-state index contributed by atoms with van der Waals surface area (Å²) in [6.07, 6.45) is 1.03. The normalized spacial score (nSPS) is 21.4. The first-order valence-electron chi connectivity index (χ1n) is 7.47. The number of nitrogens with zero attached hydrogens (tertiary/aromatic N) is 1. The van der Waals surface area contributed by atoms with Gasteiger partial charge in [0.15, 0.2) is 9.84 Å². The number of aryl methyl sites for hydroxylation is 2. The van der Waals surface area contributed by atoms with Gasteiger partial charge in [0.25, 0.3) is 0 Å². The quantitative estimate of drug-likeness (QED) is 0.817. The molecule has 1 aliphatic heterocycles. The Morgan fingerprint density at radius 2 is 1.95 bits per heavy atom. The van der Waals surface area contributed by atoms with E-state index < -0.39 is 25.9 Å². The lowest BCUT2D eigenvalue weighted by Crippen LogP contribution is -2.41. The summed E-state index contributed by atoms with van der Waals surface area (Å²) in [7, 11) is -6.81. The van der Waals surface area contributed by atoms with Crippen LogP contribution in [0.3, 0.4) is 0 Å². The summed E-state index contributed by atoms with van der Waals surface area (Å²) >= 11 is 0. The van der Waals surface area contributed by atoms with Crippen LogP contribution in [0.1, 0.15) is 30.9 Å². The van der Waals surface area contributed by atoms with Crippen LogP contribution in [0.15, 0.2) is 23.1 Å². The van der Waals surface area contributed by atoms with Gasteiger partial charge in [0.05, 0.1) is 16.4 Å². The molecule has 2 rings (SSSR count). The van der Waals surface area contributed by atoms with Crippen LogP contribution in [-0.4, -0.2) is 45.2 Å². The molecule has 1 aromatic carbocycles. The number of rotatable bonds is 5. The van der Waals surface area contributed by atoms with Crippen molar-refractivity contribution in [3.8, 4) is 0 Å². The molecule has 0 aliphatic carbocycles. The van der Waals surface area contributed by atoms with Gasteiger partial charge in [-0.3, -0.25) is 0 Å². The third-order valence-corrected chi connectivity index (χ3v) is 7.83. The van der Waals surface area contributed by atoms with Crippen molar-refractivity contribution in [3.63, 3.8) is 0 Å². The summed E-state index contributed by atoms with van der Waals surface area (Å²) in [5.74, 6) is -0.00268. The topological polar surface area (TPSA) is 71.5 Å². The minimum atomic E-state index is -3.68. The van der Waals surface area contributed by atoms with Crippen molar-refractivity contribution in [2.75, 3.05) is 18.1 Å². The first kappa shape index (κ1) is 17.4. The molecule has 1 saturated heterocycles. The number of sulfonamides is 1. The standard InChI is InChI=1S/C15H23NO4S2/c1-4-8-16(14-7-9-21(17,18)11-14)22(19,20)15-10-12(2)5-6-13(15)3/h5-6,10,14H,4,7-9,11H2,1-3H3/t14-/m0/s1. The van der Waals surface area contributed by atoms with Crippen molar-refractivity contribution in [2.24, 2.45) is 0 Å². The summed E-state index contributed by atoms with van der Waals surface area (Å²) in [4.78, 5) is 0.283. The SMILES string of the molecule is CCCN([C@H]1CCS(=O)(=O)C1)S(=O)(=O)c1cc(C)ccc1C. The maximum Gasteiger partial charge on any atom is 0.243 e. The van der Waals surface area contributed by atoms with E-state index in [1.165, 1.54) is 4.31 Å². The molecule has 0 bridgehead atoms. The maximum absolute atomic E-state index is 13.0. The Balaban J connectivity index is 2.45. The van der Waals surface area contributed by atoms with Gasteiger partial charge in [-0.25, -0.2) is 16.8 Å². The molecule has 1 fully saturated rings. The number of sulfone groups is 1. The number of benzene rings is 1. The summed E-state index contributed by atoms with van der Waals surface area (Å²) < 4.78 is 50.9. The Morgan fingerprint density at radius 1 is 1.27 bits per heavy atom. The van der Waals surface area contributed by atoms with Gasteiger partial charge in [-0.1, -0.05) is 19.1 Å². The molecule has 22 heavy (non-hydrogen) atoms. The summed E-state index contributed by atoms with van der Waals surface area (Å²) in [5.41, 5.74) is 1.56. The van der Waals surface area contributed by atoms with Crippen LogP contribution in [0, 0.1) is 13.8 Å². The Bertz CT molecular complexity index is 754. The average molecular weight is 345 g/mol. The van der Waals surface area contributed by atoms with E-state index in [0.717, 1.165) is 5.56 Å². The molecule has 0 aromatic heterocycles. The Morgan fingerprint density at radius 3 is 2.50 bits per heavy atom. The molecule has 0 amide bonds. The molecule has 1 atom stereocenters. The van der Waals surface area contributed by atoms with Crippen molar-refractivity contribution < 1.29 is 16.8 Å². The van der Waals surface area contributed by atoms with Crippen molar-refractivity contribution in [1.82, 2.24) is 4.31 Å². The van der Waals surface area contributed by atoms with Crippen molar-refractivity contribution in [3.05, 3.63) is 29.3 Å². The molecule has 0 radical (unpaired) electrons. The summed E-state index contributed by atoms with van der Waals surface area (Å²) in [6, 6.07) is 4.88. The highest BCUT2D eigenvalue weighted by atomic mass is 32.2. The first-order valence-corrected chi connectivity index (χ1v) is 10.7. The van der Waals surface area contributed by atoms with E-state index >= 15 is 0 Å². The fourth-order valence-corrected chi connectivity index (χ4v) is 6.72. The van der Waals surface area contributed by atoms with E-state index in [2.05, 4.69) is 0 Å². The van der Waals surface area contributed by atoms with E-state index in [-0.39, 0.29) is 16.4 Å². The van der Waals surface area contributed by atoms with E-state index in [4.69, 9.17) is 0 Å². The van der Waals surface area contributed by atoms with Gasteiger partial charge < -0.3 is 0 Å². The smallest absolute Gasteiger partial charge is 0.229 e. The van der Waals surface area contributed by atoms with Gasteiger partial charge in [-0.15, -0.1) is 0 Å². The maximum atomic E-state index is 13.0. The fraction of sp³-hybridized carbons (Fsp3) is 0.600. The van der Waals surface area contributed by atoms with Crippen molar-refractivity contribution in [2.45, 2.75) is 44.6 Å². The van der Waals surface area contributed by atoms with Crippen LogP contribution in [0.25, 0.3) is 0 Å². The number of hydrogen-bond acceptors (Lipinski definition) is 4. The average Bonchev–Trinajstić information content (AvgIpc) is 2.78. The third kappa shape index (κ3) is 3.52. The van der Waals surface area contributed by atoms with Gasteiger partial charge in [0.1, 0.15) is 0 Å². The van der Waals surface area contributed by atoms with E-state index in [9.17, 15) is 16.8 Å². The van der Waals surface area contributed by atoms with E-state index in [1.807, 2.05) is 19.9 Å². The molecule has 1 aliphatic rings.